The van der Waals surface area contributed by atoms with E-state index >= 15 is 0 Å². The number of nitrogens with zero attached hydrogens (tertiary/aromatic N) is 3. The Morgan fingerprint density at radius 1 is 0.857 bits per heavy atom. The summed E-state index contributed by atoms with van der Waals surface area (Å²) in [4.78, 5) is 15.3. The fourth-order valence-electron chi connectivity index (χ4n) is 3.53. The third kappa shape index (κ3) is 5.62. The molecule has 35 heavy (non-hydrogen) atoms. The highest BCUT2D eigenvalue weighted by Gasteiger charge is 2.34. The quantitative estimate of drug-likeness (QED) is 0.162. The van der Waals surface area contributed by atoms with Crippen LogP contribution < -0.4 is 0 Å². The Morgan fingerprint density at radius 3 is 2.29 bits per heavy atom. The van der Waals surface area contributed by atoms with Gasteiger partial charge in [-0.25, -0.2) is 0 Å². The van der Waals surface area contributed by atoms with Crippen molar-refractivity contribution in [3.8, 4) is 11.1 Å². The number of carbonyl (C=O) groups excluding carboxylic acids is 1. The molecule has 0 spiro atoms. The van der Waals surface area contributed by atoms with Crippen LogP contribution in [0.1, 0.15) is 16.9 Å². The highest BCUT2D eigenvalue weighted by molar-refractivity contribution is 8.18. The molecular weight excluding hydrogens is 478 g/mol. The maximum absolute atomic E-state index is 13.2. The molecule has 172 valence electrons. The lowest BCUT2D eigenvalue weighted by Crippen LogP contribution is -2.28. The molecule has 1 saturated heterocycles. The Labute approximate surface area is 212 Å². The smallest absolute Gasteiger partial charge is 0.267 e. The van der Waals surface area contributed by atoms with E-state index in [1.165, 1.54) is 11.8 Å². The molecule has 2 heterocycles. The van der Waals surface area contributed by atoms with Gasteiger partial charge in [0, 0.05) is 5.02 Å². The highest BCUT2D eigenvalue weighted by atomic mass is 35.5. The Bertz CT molecular complexity index is 1400. The molecule has 0 atom stereocenters. The van der Waals surface area contributed by atoms with Crippen molar-refractivity contribution in [1.82, 2.24) is 4.90 Å². The molecule has 7 heteroatoms. The van der Waals surface area contributed by atoms with Crippen LogP contribution in [-0.2, 0) is 11.3 Å². The van der Waals surface area contributed by atoms with Gasteiger partial charge < -0.3 is 4.42 Å². The molecule has 5 nitrogen and oxygen atoms in total. The lowest BCUT2D eigenvalue weighted by atomic mass is 10.0. The third-order valence-electron chi connectivity index (χ3n) is 5.32. The highest BCUT2D eigenvalue weighted by Crippen LogP contribution is 2.34. The molecule has 1 aliphatic heterocycles. The van der Waals surface area contributed by atoms with Gasteiger partial charge in [-0.15, -0.1) is 5.10 Å². The van der Waals surface area contributed by atoms with Gasteiger partial charge in [-0.2, -0.15) is 5.10 Å². The minimum atomic E-state index is -0.150. The lowest BCUT2D eigenvalue weighted by molar-refractivity contribution is -0.122. The summed E-state index contributed by atoms with van der Waals surface area (Å²) in [5.74, 6) is 0.516. The summed E-state index contributed by atoms with van der Waals surface area (Å²) in [5.41, 5.74) is 4.09. The van der Waals surface area contributed by atoms with Crippen molar-refractivity contribution in [2.75, 3.05) is 0 Å². The largest absolute Gasteiger partial charge is 0.467 e. The maximum Gasteiger partial charge on any atom is 0.267 e. The predicted octanol–water partition coefficient (Wildman–Crippen LogP) is 7.11. The van der Waals surface area contributed by atoms with Gasteiger partial charge in [0.15, 0.2) is 5.17 Å². The van der Waals surface area contributed by atoms with Gasteiger partial charge >= 0.3 is 0 Å². The van der Waals surface area contributed by atoms with Gasteiger partial charge in [0.05, 0.1) is 23.9 Å². The van der Waals surface area contributed by atoms with E-state index in [-0.39, 0.29) is 12.5 Å². The first kappa shape index (κ1) is 22.9. The van der Waals surface area contributed by atoms with Crippen molar-refractivity contribution in [2.45, 2.75) is 6.54 Å². The van der Waals surface area contributed by atoms with Gasteiger partial charge in [-0.05, 0) is 64.4 Å². The average Bonchev–Trinajstić information content (AvgIpc) is 3.51. The number of carbonyl (C=O) groups is 1. The van der Waals surface area contributed by atoms with Crippen LogP contribution in [0, 0.1) is 0 Å². The molecule has 0 radical (unpaired) electrons. The van der Waals surface area contributed by atoms with Gasteiger partial charge in [0.25, 0.3) is 5.91 Å². The van der Waals surface area contributed by atoms with Crippen molar-refractivity contribution in [1.29, 1.82) is 0 Å². The molecule has 1 aromatic heterocycles. The zero-order chi connectivity index (χ0) is 24.0. The minimum absolute atomic E-state index is 0.150. The molecule has 0 aliphatic carbocycles. The van der Waals surface area contributed by atoms with Crippen LogP contribution in [-0.4, -0.2) is 22.2 Å². The van der Waals surface area contributed by atoms with Gasteiger partial charge in [0.1, 0.15) is 5.76 Å². The first-order valence-electron chi connectivity index (χ1n) is 10.9. The Hall–Kier alpha value is -3.87. The van der Waals surface area contributed by atoms with Crippen LogP contribution in [0.3, 0.4) is 0 Å². The third-order valence-corrected chi connectivity index (χ3v) is 6.57. The summed E-state index contributed by atoms with van der Waals surface area (Å²) >= 11 is 7.27. The number of hydrogen-bond acceptors (Lipinski definition) is 5. The fraction of sp³-hybridized carbons (Fsp3) is 0.0357. The van der Waals surface area contributed by atoms with Crippen molar-refractivity contribution in [3.05, 3.63) is 124 Å². The van der Waals surface area contributed by atoms with Gasteiger partial charge in [-0.3, -0.25) is 9.69 Å². The van der Waals surface area contributed by atoms with Crippen molar-refractivity contribution >= 4 is 46.7 Å². The molecule has 0 bridgehead atoms. The molecule has 0 saturated carbocycles. The fourth-order valence-corrected chi connectivity index (χ4v) is 4.59. The number of furan rings is 1. The van der Waals surface area contributed by atoms with Crippen LogP contribution in [0.5, 0.6) is 0 Å². The standard InChI is InChI=1S/C28H20ClN3O2S/c29-24-14-10-20(11-15-24)17-26-27(33)32(19-25-7-4-16-34-25)28(35-26)31-30-18-21-8-12-23(13-9-21)22-5-2-1-3-6-22/h1-18H,19H2/b26-17-,30-18-,31-28+. The Balaban J connectivity index is 1.37. The first-order valence-corrected chi connectivity index (χ1v) is 12.1. The maximum atomic E-state index is 13.2. The van der Waals surface area contributed by atoms with E-state index < -0.39 is 0 Å². The Kier molecular flexibility index (Phi) is 6.93. The van der Waals surface area contributed by atoms with E-state index in [1.54, 1.807) is 35.6 Å². The number of rotatable bonds is 6. The number of hydrogen-bond donors (Lipinski definition) is 0. The predicted molar refractivity (Wildman–Crippen MR) is 143 cm³/mol. The van der Waals surface area contributed by atoms with Crippen molar-refractivity contribution in [3.63, 3.8) is 0 Å². The Morgan fingerprint density at radius 2 is 1.57 bits per heavy atom. The summed E-state index contributed by atoms with van der Waals surface area (Å²) in [6.45, 7) is 0.275. The van der Waals surface area contributed by atoms with E-state index in [1.807, 2.05) is 66.7 Å². The average molecular weight is 498 g/mol. The molecule has 0 N–H and O–H groups in total. The van der Waals surface area contributed by atoms with Crippen molar-refractivity contribution < 1.29 is 9.21 Å². The number of benzene rings is 3. The molecule has 3 aromatic carbocycles. The zero-order valence-corrected chi connectivity index (χ0v) is 20.1. The van der Waals surface area contributed by atoms with E-state index in [0.717, 1.165) is 22.3 Å². The van der Waals surface area contributed by atoms with E-state index in [9.17, 15) is 4.79 Å². The van der Waals surface area contributed by atoms with Crippen LogP contribution in [0.2, 0.25) is 5.02 Å². The monoisotopic (exact) mass is 497 g/mol. The summed E-state index contributed by atoms with van der Waals surface area (Å²) in [5, 5.41) is 9.77. The van der Waals surface area contributed by atoms with E-state index in [2.05, 4.69) is 22.3 Å². The first-order chi connectivity index (χ1) is 17.2. The molecule has 0 unspecified atom stereocenters. The molecule has 1 fully saturated rings. The second-order valence-electron chi connectivity index (χ2n) is 7.75. The molecule has 5 rings (SSSR count). The van der Waals surface area contributed by atoms with Crippen LogP contribution >= 0.6 is 23.4 Å². The summed E-state index contributed by atoms with van der Waals surface area (Å²) in [6.07, 6.45) is 5.09. The number of halogens is 1. The molecule has 1 amide bonds. The van der Waals surface area contributed by atoms with Crippen LogP contribution in [0.15, 0.2) is 117 Å². The van der Waals surface area contributed by atoms with Gasteiger partial charge in [0.2, 0.25) is 0 Å². The second kappa shape index (κ2) is 10.6. The van der Waals surface area contributed by atoms with Crippen LogP contribution in [0.4, 0.5) is 0 Å². The second-order valence-corrected chi connectivity index (χ2v) is 9.19. The normalized spacial score (nSPS) is 16.1. The molecule has 4 aromatic rings. The van der Waals surface area contributed by atoms with E-state index in [4.69, 9.17) is 16.0 Å². The lowest BCUT2D eigenvalue weighted by Gasteiger charge is -2.12. The topological polar surface area (TPSA) is 58.2 Å². The number of thioether (sulfide) groups is 1. The summed E-state index contributed by atoms with van der Waals surface area (Å²) in [6, 6.07) is 29.2. The van der Waals surface area contributed by atoms with E-state index in [0.29, 0.717) is 20.9 Å². The SMILES string of the molecule is O=C1/C(=C/c2ccc(Cl)cc2)S/C(=N/N=C\c2ccc(-c3ccccc3)cc2)N1Cc1ccco1. The summed E-state index contributed by atoms with van der Waals surface area (Å²) in [7, 11) is 0. The van der Waals surface area contributed by atoms with Crippen molar-refractivity contribution in [2.24, 2.45) is 10.2 Å². The minimum Gasteiger partial charge on any atom is -0.467 e. The van der Waals surface area contributed by atoms with Crippen LogP contribution in [0.25, 0.3) is 17.2 Å². The molecule has 1 aliphatic rings. The van der Waals surface area contributed by atoms with Gasteiger partial charge in [-0.1, -0.05) is 78.3 Å². The summed E-state index contributed by atoms with van der Waals surface area (Å²) < 4.78 is 5.45. The molecular formula is C28H20ClN3O2S. The zero-order valence-electron chi connectivity index (χ0n) is 18.5. The number of amides is 1. The number of amidine groups is 1.